The Morgan fingerprint density at radius 3 is 2.74 bits per heavy atom. The average Bonchev–Trinajstić information content (AvgIpc) is 2.52. The van der Waals surface area contributed by atoms with Gasteiger partial charge >= 0.3 is 5.97 Å². The number of carbonyl (C=O) groups is 1. The first-order valence-electron chi connectivity index (χ1n) is 7.08. The number of aliphatic carboxylic acids is 1. The van der Waals surface area contributed by atoms with E-state index >= 15 is 0 Å². The van der Waals surface area contributed by atoms with Crippen LogP contribution in [0.3, 0.4) is 0 Å². The summed E-state index contributed by atoms with van der Waals surface area (Å²) in [5.41, 5.74) is 1.77. The van der Waals surface area contributed by atoms with Gasteiger partial charge in [0.15, 0.2) is 0 Å². The molecule has 2 aromatic carbocycles. The van der Waals surface area contributed by atoms with Crippen LogP contribution in [0.4, 0.5) is 0 Å². The number of nitrogens with one attached hydrogen (secondary N) is 1. The summed E-state index contributed by atoms with van der Waals surface area (Å²) >= 11 is 9.55. The molecule has 0 amide bonds. The lowest BCUT2D eigenvalue weighted by Gasteiger charge is -2.15. The number of ether oxygens (including phenoxy) is 1. The Kier molecular flexibility index (Phi) is 6.45. The Morgan fingerprint density at radius 1 is 1.30 bits per heavy atom. The first-order valence-corrected chi connectivity index (χ1v) is 8.25. The van der Waals surface area contributed by atoms with Gasteiger partial charge in [0.05, 0.1) is 0 Å². The number of hydrogen-bond acceptors (Lipinski definition) is 3. The van der Waals surface area contributed by atoms with E-state index in [0.29, 0.717) is 23.9 Å². The third-order valence-corrected chi connectivity index (χ3v) is 4.19. The number of hydrogen-bond donors (Lipinski definition) is 2. The van der Waals surface area contributed by atoms with Crippen molar-refractivity contribution in [3.8, 4) is 5.75 Å². The molecule has 0 aliphatic rings. The molecular weight excluding hydrogens is 382 g/mol. The SMILES string of the molecule is CC(NCc1cc(Br)ccc1OCc1ccccc1Cl)C(=O)O. The van der Waals surface area contributed by atoms with E-state index in [-0.39, 0.29) is 0 Å². The van der Waals surface area contributed by atoms with Gasteiger partial charge in [-0.2, -0.15) is 0 Å². The second-order valence-corrected chi connectivity index (χ2v) is 6.40. The predicted octanol–water partition coefficient (Wildman–Crippen LogP) is 4.24. The number of carboxylic acid groups (broad SMARTS) is 1. The average molecular weight is 399 g/mol. The Labute approximate surface area is 148 Å². The van der Waals surface area contributed by atoms with Gasteiger partial charge in [-0.25, -0.2) is 0 Å². The summed E-state index contributed by atoms with van der Waals surface area (Å²) in [6.07, 6.45) is 0. The number of carboxylic acids is 1. The Hall–Kier alpha value is -1.56. The van der Waals surface area contributed by atoms with Crippen molar-refractivity contribution in [2.24, 2.45) is 0 Å². The molecule has 0 bridgehead atoms. The summed E-state index contributed by atoms with van der Waals surface area (Å²) in [4.78, 5) is 10.9. The smallest absolute Gasteiger partial charge is 0.320 e. The van der Waals surface area contributed by atoms with Crippen LogP contribution in [0.1, 0.15) is 18.1 Å². The third-order valence-electron chi connectivity index (χ3n) is 3.33. The minimum atomic E-state index is -0.890. The maximum Gasteiger partial charge on any atom is 0.320 e. The van der Waals surface area contributed by atoms with Crippen molar-refractivity contribution in [1.82, 2.24) is 5.32 Å². The molecule has 0 radical (unpaired) electrons. The van der Waals surface area contributed by atoms with Crippen molar-refractivity contribution >= 4 is 33.5 Å². The molecule has 0 aromatic heterocycles. The van der Waals surface area contributed by atoms with Gasteiger partial charge < -0.3 is 15.2 Å². The maximum atomic E-state index is 10.9. The highest BCUT2D eigenvalue weighted by Gasteiger charge is 2.12. The van der Waals surface area contributed by atoms with Crippen molar-refractivity contribution in [2.75, 3.05) is 0 Å². The fourth-order valence-electron chi connectivity index (χ4n) is 1.95. The Morgan fingerprint density at radius 2 is 2.04 bits per heavy atom. The van der Waals surface area contributed by atoms with Gasteiger partial charge in [-0.3, -0.25) is 4.79 Å². The summed E-state index contributed by atoms with van der Waals surface area (Å²) in [5.74, 6) is -0.197. The lowest BCUT2D eigenvalue weighted by Crippen LogP contribution is -2.33. The van der Waals surface area contributed by atoms with E-state index in [9.17, 15) is 4.79 Å². The highest BCUT2D eigenvalue weighted by molar-refractivity contribution is 9.10. The van der Waals surface area contributed by atoms with Gasteiger partial charge in [0.2, 0.25) is 0 Å². The summed E-state index contributed by atoms with van der Waals surface area (Å²) in [6.45, 7) is 2.35. The van der Waals surface area contributed by atoms with E-state index in [1.54, 1.807) is 6.92 Å². The molecule has 23 heavy (non-hydrogen) atoms. The molecule has 0 aliphatic carbocycles. The van der Waals surface area contributed by atoms with Crippen LogP contribution in [-0.2, 0) is 17.9 Å². The molecule has 2 rings (SSSR count). The van der Waals surface area contributed by atoms with Crippen molar-refractivity contribution in [1.29, 1.82) is 0 Å². The van der Waals surface area contributed by atoms with Crippen LogP contribution in [0.15, 0.2) is 46.9 Å². The van der Waals surface area contributed by atoms with Gasteiger partial charge in [0.1, 0.15) is 18.4 Å². The van der Waals surface area contributed by atoms with Crippen LogP contribution in [-0.4, -0.2) is 17.1 Å². The summed E-state index contributed by atoms with van der Waals surface area (Å²) in [7, 11) is 0. The lowest BCUT2D eigenvalue weighted by molar-refractivity contribution is -0.139. The molecule has 0 saturated heterocycles. The predicted molar refractivity (Wildman–Crippen MR) is 93.9 cm³/mol. The number of rotatable bonds is 7. The quantitative estimate of drug-likeness (QED) is 0.732. The number of halogens is 2. The molecule has 0 spiro atoms. The third kappa shape index (κ3) is 5.23. The second kappa shape index (κ2) is 8.34. The van der Waals surface area contributed by atoms with Crippen LogP contribution >= 0.6 is 27.5 Å². The first-order chi connectivity index (χ1) is 11.0. The largest absolute Gasteiger partial charge is 0.489 e. The van der Waals surface area contributed by atoms with E-state index in [4.69, 9.17) is 21.4 Å². The number of benzene rings is 2. The molecule has 1 atom stereocenters. The summed E-state index contributed by atoms with van der Waals surface area (Å²) in [6, 6.07) is 12.5. The fraction of sp³-hybridized carbons (Fsp3) is 0.235. The monoisotopic (exact) mass is 397 g/mol. The summed E-state index contributed by atoms with van der Waals surface area (Å²) < 4.78 is 6.76. The minimum Gasteiger partial charge on any atom is -0.489 e. The summed E-state index contributed by atoms with van der Waals surface area (Å²) in [5, 5.41) is 12.6. The molecule has 6 heteroatoms. The maximum absolute atomic E-state index is 10.9. The van der Waals surface area contributed by atoms with Crippen molar-refractivity contribution < 1.29 is 14.6 Å². The van der Waals surface area contributed by atoms with Gasteiger partial charge in [-0.15, -0.1) is 0 Å². The van der Waals surface area contributed by atoms with E-state index in [2.05, 4.69) is 21.2 Å². The van der Waals surface area contributed by atoms with Crippen molar-refractivity contribution in [3.63, 3.8) is 0 Å². The van der Waals surface area contributed by atoms with Crippen molar-refractivity contribution in [3.05, 3.63) is 63.1 Å². The zero-order chi connectivity index (χ0) is 16.8. The highest BCUT2D eigenvalue weighted by Crippen LogP contribution is 2.25. The molecule has 122 valence electrons. The first kappa shape index (κ1) is 17.8. The standard InChI is InChI=1S/C17H17BrClNO3/c1-11(17(21)22)20-9-13-8-14(18)6-7-16(13)23-10-12-4-2-3-5-15(12)19/h2-8,11,20H,9-10H2,1H3,(H,21,22). The van der Waals surface area contributed by atoms with E-state index < -0.39 is 12.0 Å². The molecule has 0 aliphatic heterocycles. The minimum absolute atomic E-state index is 0.350. The van der Waals surface area contributed by atoms with Crippen LogP contribution in [0.5, 0.6) is 5.75 Å². The molecule has 0 heterocycles. The van der Waals surface area contributed by atoms with Crippen LogP contribution < -0.4 is 10.1 Å². The topological polar surface area (TPSA) is 58.6 Å². The molecule has 0 saturated carbocycles. The molecule has 2 N–H and O–H groups in total. The highest BCUT2D eigenvalue weighted by atomic mass is 79.9. The van der Waals surface area contributed by atoms with Crippen molar-refractivity contribution in [2.45, 2.75) is 26.1 Å². The Balaban J connectivity index is 2.09. The van der Waals surface area contributed by atoms with Crippen LogP contribution in [0, 0.1) is 0 Å². The van der Waals surface area contributed by atoms with Gasteiger partial charge in [0.25, 0.3) is 0 Å². The Bertz CT molecular complexity index is 693. The molecule has 4 nitrogen and oxygen atoms in total. The zero-order valence-electron chi connectivity index (χ0n) is 12.6. The molecular formula is C17H17BrClNO3. The van der Waals surface area contributed by atoms with Crippen LogP contribution in [0.2, 0.25) is 5.02 Å². The van der Waals surface area contributed by atoms with Gasteiger partial charge in [-0.05, 0) is 31.2 Å². The van der Waals surface area contributed by atoms with Gasteiger partial charge in [0, 0.05) is 27.2 Å². The fourth-order valence-corrected chi connectivity index (χ4v) is 2.55. The van der Waals surface area contributed by atoms with Gasteiger partial charge in [-0.1, -0.05) is 45.7 Å². The lowest BCUT2D eigenvalue weighted by atomic mass is 10.2. The molecule has 0 fully saturated rings. The molecule has 2 aromatic rings. The zero-order valence-corrected chi connectivity index (χ0v) is 14.9. The molecule has 1 unspecified atom stereocenters. The van der Waals surface area contributed by atoms with E-state index in [1.165, 1.54) is 0 Å². The van der Waals surface area contributed by atoms with E-state index in [0.717, 1.165) is 15.6 Å². The normalized spacial score (nSPS) is 12.0. The van der Waals surface area contributed by atoms with Crippen LogP contribution in [0.25, 0.3) is 0 Å². The second-order valence-electron chi connectivity index (χ2n) is 5.07. The van der Waals surface area contributed by atoms with E-state index in [1.807, 2.05) is 42.5 Å².